The van der Waals surface area contributed by atoms with E-state index >= 15 is 0 Å². The molecular formula is C24H30FN3O. The SMILES string of the molecule is CC(C)N1CCN(c2ccc(C(=O)NCC3(c4ccc(F)cc4)CC3)cc2)CC1. The number of hydrogen-bond donors (Lipinski definition) is 1. The van der Waals surface area contributed by atoms with E-state index < -0.39 is 0 Å². The summed E-state index contributed by atoms with van der Waals surface area (Å²) in [6, 6.07) is 15.2. The number of hydrogen-bond acceptors (Lipinski definition) is 3. The summed E-state index contributed by atoms with van der Waals surface area (Å²) in [5.41, 5.74) is 2.94. The number of piperazine rings is 1. The number of nitrogens with one attached hydrogen (secondary N) is 1. The van der Waals surface area contributed by atoms with Crippen LogP contribution in [0.4, 0.5) is 10.1 Å². The van der Waals surface area contributed by atoms with Gasteiger partial charge in [0.2, 0.25) is 0 Å². The molecule has 0 radical (unpaired) electrons. The van der Waals surface area contributed by atoms with Crippen molar-refractivity contribution in [1.29, 1.82) is 0 Å². The normalized spacial score (nSPS) is 18.7. The van der Waals surface area contributed by atoms with Gasteiger partial charge in [0.25, 0.3) is 5.91 Å². The maximum atomic E-state index is 13.2. The Labute approximate surface area is 172 Å². The Morgan fingerprint density at radius 1 is 1.00 bits per heavy atom. The number of amides is 1. The maximum absolute atomic E-state index is 13.2. The molecule has 2 aromatic rings. The van der Waals surface area contributed by atoms with Crippen molar-refractivity contribution in [3.63, 3.8) is 0 Å². The zero-order valence-electron chi connectivity index (χ0n) is 17.3. The topological polar surface area (TPSA) is 35.6 Å². The Kier molecular flexibility index (Phi) is 5.59. The molecular weight excluding hydrogens is 365 g/mol. The minimum Gasteiger partial charge on any atom is -0.369 e. The quantitative estimate of drug-likeness (QED) is 0.808. The summed E-state index contributed by atoms with van der Waals surface area (Å²) < 4.78 is 13.2. The molecule has 154 valence electrons. The van der Waals surface area contributed by atoms with Crippen LogP contribution in [-0.4, -0.2) is 49.6 Å². The molecule has 1 N–H and O–H groups in total. The van der Waals surface area contributed by atoms with Gasteiger partial charge in [-0.2, -0.15) is 0 Å². The summed E-state index contributed by atoms with van der Waals surface area (Å²) in [5, 5.41) is 3.08. The average molecular weight is 396 g/mol. The number of benzene rings is 2. The zero-order chi connectivity index (χ0) is 20.4. The molecule has 0 atom stereocenters. The molecule has 5 heteroatoms. The molecule has 29 heavy (non-hydrogen) atoms. The highest BCUT2D eigenvalue weighted by Gasteiger charge is 2.44. The third-order valence-electron chi connectivity index (χ3n) is 6.44. The molecule has 0 aromatic heterocycles. The van der Waals surface area contributed by atoms with Crippen LogP contribution in [0.25, 0.3) is 0 Å². The highest BCUT2D eigenvalue weighted by atomic mass is 19.1. The van der Waals surface area contributed by atoms with Gasteiger partial charge in [0, 0.05) is 55.4 Å². The molecule has 1 amide bonds. The molecule has 1 saturated carbocycles. The predicted molar refractivity (Wildman–Crippen MR) is 115 cm³/mol. The van der Waals surface area contributed by atoms with E-state index in [0.29, 0.717) is 18.2 Å². The van der Waals surface area contributed by atoms with Gasteiger partial charge in [-0.05, 0) is 68.7 Å². The lowest BCUT2D eigenvalue weighted by Crippen LogP contribution is -2.48. The predicted octanol–water partition coefficient (Wildman–Crippen LogP) is 3.82. The molecule has 0 unspecified atom stereocenters. The lowest BCUT2D eigenvalue weighted by Gasteiger charge is -2.38. The lowest BCUT2D eigenvalue weighted by atomic mass is 9.96. The van der Waals surface area contributed by atoms with E-state index in [4.69, 9.17) is 0 Å². The smallest absolute Gasteiger partial charge is 0.251 e. The van der Waals surface area contributed by atoms with Crippen LogP contribution < -0.4 is 10.2 Å². The molecule has 1 aliphatic carbocycles. The van der Waals surface area contributed by atoms with Crippen molar-refractivity contribution in [1.82, 2.24) is 10.2 Å². The van der Waals surface area contributed by atoms with Crippen LogP contribution in [0.2, 0.25) is 0 Å². The van der Waals surface area contributed by atoms with E-state index in [1.54, 1.807) is 0 Å². The van der Waals surface area contributed by atoms with Gasteiger partial charge in [0.1, 0.15) is 5.82 Å². The van der Waals surface area contributed by atoms with E-state index in [0.717, 1.165) is 44.6 Å². The fourth-order valence-corrected chi connectivity index (χ4v) is 4.19. The summed E-state index contributed by atoms with van der Waals surface area (Å²) >= 11 is 0. The van der Waals surface area contributed by atoms with Crippen LogP contribution in [0.5, 0.6) is 0 Å². The standard InChI is InChI=1S/C24H30FN3O/c1-18(2)27-13-15-28(16-14-27)22-9-3-19(4-10-22)23(29)26-17-24(11-12-24)20-5-7-21(25)8-6-20/h3-10,18H,11-17H2,1-2H3,(H,26,29). The Hall–Kier alpha value is -2.40. The molecule has 1 aliphatic heterocycles. The minimum atomic E-state index is -0.223. The molecule has 1 heterocycles. The second kappa shape index (κ2) is 8.15. The number of anilines is 1. The van der Waals surface area contributed by atoms with Crippen molar-refractivity contribution in [2.75, 3.05) is 37.6 Å². The van der Waals surface area contributed by atoms with Crippen molar-refractivity contribution in [3.8, 4) is 0 Å². The third kappa shape index (κ3) is 4.45. The van der Waals surface area contributed by atoms with Gasteiger partial charge in [-0.15, -0.1) is 0 Å². The molecule has 1 saturated heterocycles. The maximum Gasteiger partial charge on any atom is 0.251 e. The van der Waals surface area contributed by atoms with Crippen LogP contribution in [-0.2, 0) is 5.41 Å². The second-order valence-electron chi connectivity index (χ2n) is 8.63. The van der Waals surface area contributed by atoms with E-state index in [1.807, 2.05) is 36.4 Å². The van der Waals surface area contributed by atoms with Crippen LogP contribution in [0, 0.1) is 5.82 Å². The summed E-state index contributed by atoms with van der Waals surface area (Å²) in [7, 11) is 0. The van der Waals surface area contributed by atoms with E-state index in [2.05, 4.69) is 29.0 Å². The highest BCUT2D eigenvalue weighted by Crippen LogP contribution is 2.47. The van der Waals surface area contributed by atoms with Gasteiger partial charge in [-0.25, -0.2) is 4.39 Å². The number of halogens is 1. The Morgan fingerprint density at radius 2 is 1.62 bits per heavy atom. The van der Waals surface area contributed by atoms with Gasteiger partial charge in [0.15, 0.2) is 0 Å². The van der Waals surface area contributed by atoms with Gasteiger partial charge < -0.3 is 10.2 Å². The van der Waals surface area contributed by atoms with Gasteiger partial charge in [0.05, 0.1) is 0 Å². The Balaban J connectivity index is 1.32. The van der Waals surface area contributed by atoms with Crippen LogP contribution in [0.1, 0.15) is 42.6 Å². The van der Waals surface area contributed by atoms with E-state index in [1.165, 1.54) is 17.8 Å². The van der Waals surface area contributed by atoms with Crippen molar-refractivity contribution in [3.05, 3.63) is 65.5 Å². The molecule has 2 aromatic carbocycles. The minimum absolute atomic E-state index is 0.0284. The van der Waals surface area contributed by atoms with Crippen LogP contribution >= 0.6 is 0 Å². The zero-order valence-corrected chi connectivity index (χ0v) is 17.3. The molecule has 4 nitrogen and oxygen atoms in total. The van der Waals surface area contributed by atoms with Crippen molar-refractivity contribution >= 4 is 11.6 Å². The first-order chi connectivity index (χ1) is 14.0. The van der Waals surface area contributed by atoms with E-state index in [-0.39, 0.29) is 17.1 Å². The first-order valence-electron chi connectivity index (χ1n) is 10.6. The Bertz CT molecular complexity index is 835. The highest BCUT2D eigenvalue weighted by molar-refractivity contribution is 5.94. The Morgan fingerprint density at radius 3 is 2.17 bits per heavy atom. The van der Waals surface area contributed by atoms with Crippen LogP contribution in [0.3, 0.4) is 0 Å². The summed E-state index contributed by atoms with van der Waals surface area (Å²) in [5.74, 6) is -0.270. The second-order valence-corrected chi connectivity index (χ2v) is 8.63. The summed E-state index contributed by atoms with van der Waals surface area (Å²) in [6.45, 7) is 9.26. The fourth-order valence-electron chi connectivity index (χ4n) is 4.19. The number of nitrogens with zero attached hydrogens (tertiary/aromatic N) is 2. The van der Waals surface area contributed by atoms with Crippen molar-refractivity contribution in [2.45, 2.75) is 38.1 Å². The van der Waals surface area contributed by atoms with Crippen molar-refractivity contribution < 1.29 is 9.18 Å². The fraction of sp³-hybridized carbons (Fsp3) is 0.458. The monoisotopic (exact) mass is 395 g/mol. The summed E-state index contributed by atoms with van der Waals surface area (Å²) in [4.78, 5) is 17.5. The third-order valence-corrected chi connectivity index (χ3v) is 6.44. The molecule has 0 bridgehead atoms. The number of carbonyl (C=O) groups is 1. The first kappa shape index (κ1) is 19.9. The van der Waals surface area contributed by atoms with Gasteiger partial charge >= 0.3 is 0 Å². The van der Waals surface area contributed by atoms with Gasteiger partial charge in [-0.3, -0.25) is 9.69 Å². The van der Waals surface area contributed by atoms with E-state index in [9.17, 15) is 9.18 Å². The number of rotatable bonds is 6. The largest absolute Gasteiger partial charge is 0.369 e. The number of carbonyl (C=O) groups excluding carboxylic acids is 1. The van der Waals surface area contributed by atoms with Gasteiger partial charge in [-0.1, -0.05) is 12.1 Å². The molecule has 4 rings (SSSR count). The summed E-state index contributed by atoms with van der Waals surface area (Å²) in [6.07, 6.45) is 2.06. The lowest BCUT2D eigenvalue weighted by molar-refractivity contribution is 0.0949. The molecule has 0 spiro atoms. The van der Waals surface area contributed by atoms with Crippen molar-refractivity contribution in [2.24, 2.45) is 0 Å². The molecule has 2 fully saturated rings. The molecule has 2 aliphatic rings. The average Bonchev–Trinajstić information content (AvgIpc) is 3.54. The van der Waals surface area contributed by atoms with Crippen LogP contribution in [0.15, 0.2) is 48.5 Å². The first-order valence-corrected chi connectivity index (χ1v) is 10.6.